The summed E-state index contributed by atoms with van der Waals surface area (Å²) < 4.78 is 5.84. The standard InChI is InChI=1S/C12H13IN2O3/c1-3-18-12(17)11(8(2)16)15-14-10-6-4-9(13)5-7-10/h4-7,16H,3H2,1-2H3. The van der Waals surface area contributed by atoms with E-state index in [1.54, 1.807) is 19.1 Å². The fourth-order valence-electron chi connectivity index (χ4n) is 1.08. The molecule has 0 heterocycles. The second-order valence-corrected chi connectivity index (χ2v) is 4.58. The Kier molecular flexibility index (Phi) is 5.76. The highest BCUT2D eigenvalue weighted by atomic mass is 127. The Balaban J connectivity index is 2.88. The van der Waals surface area contributed by atoms with Gasteiger partial charge in [0.1, 0.15) is 5.76 Å². The SMILES string of the molecule is CCOC(=O)C(N=Nc1ccc(I)cc1)=C(C)O. The van der Waals surface area contributed by atoms with Crippen LogP contribution in [0.25, 0.3) is 0 Å². The molecule has 0 atom stereocenters. The van der Waals surface area contributed by atoms with E-state index < -0.39 is 5.97 Å². The lowest BCUT2D eigenvalue weighted by atomic mass is 10.3. The van der Waals surface area contributed by atoms with Crippen LogP contribution in [0.5, 0.6) is 0 Å². The molecule has 0 fully saturated rings. The summed E-state index contributed by atoms with van der Waals surface area (Å²) >= 11 is 2.17. The topological polar surface area (TPSA) is 71.2 Å². The summed E-state index contributed by atoms with van der Waals surface area (Å²) in [6, 6.07) is 7.27. The number of allylic oxidation sites excluding steroid dienone is 1. The van der Waals surface area contributed by atoms with Crippen molar-refractivity contribution in [3.8, 4) is 0 Å². The van der Waals surface area contributed by atoms with Gasteiger partial charge in [0.25, 0.3) is 0 Å². The number of ether oxygens (including phenoxy) is 1. The van der Waals surface area contributed by atoms with Gasteiger partial charge in [-0.15, -0.1) is 5.11 Å². The Labute approximate surface area is 119 Å². The number of aliphatic hydroxyl groups excluding tert-OH is 1. The van der Waals surface area contributed by atoms with Crippen molar-refractivity contribution in [1.29, 1.82) is 0 Å². The molecule has 18 heavy (non-hydrogen) atoms. The summed E-state index contributed by atoms with van der Waals surface area (Å²) in [6.07, 6.45) is 0. The van der Waals surface area contributed by atoms with Crippen molar-refractivity contribution in [2.75, 3.05) is 6.61 Å². The van der Waals surface area contributed by atoms with Crippen LogP contribution in [-0.4, -0.2) is 17.7 Å². The second-order valence-electron chi connectivity index (χ2n) is 3.33. The molecule has 5 nitrogen and oxygen atoms in total. The molecule has 0 radical (unpaired) electrons. The van der Waals surface area contributed by atoms with Crippen LogP contribution in [0.3, 0.4) is 0 Å². The molecule has 0 aliphatic rings. The number of carbonyl (C=O) groups is 1. The van der Waals surface area contributed by atoms with E-state index >= 15 is 0 Å². The molecular weight excluding hydrogens is 347 g/mol. The fraction of sp³-hybridized carbons (Fsp3) is 0.250. The Morgan fingerprint density at radius 2 is 2.00 bits per heavy atom. The lowest BCUT2D eigenvalue weighted by Gasteiger charge is -2.01. The number of rotatable bonds is 4. The van der Waals surface area contributed by atoms with E-state index in [1.165, 1.54) is 6.92 Å². The zero-order valence-electron chi connectivity index (χ0n) is 10.1. The predicted molar refractivity (Wildman–Crippen MR) is 75.6 cm³/mol. The maximum absolute atomic E-state index is 11.5. The summed E-state index contributed by atoms with van der Waals surface area (Å²) in [6.45, 7) is 3.26. The Bertz CT molecular complexity index is 477. The molecule has 1 aromatic rings. The monoisotopic (exact) mass is 360 g/mol. The first-order valence-corrected chi connectivity index (χ1v) is 6.36. The van der Waals surface area contributed by atoms with Gasteiger partial charge in [-0.05, 0) is 60.7 Å². The Morgan fingerprint density at radius 3 is 2.50 bits per heavy atom. The Hall–Kier alpha value is -1.44. The van der Waals surface area contributed by atoms with Gasteiger partial charge in [0.05, 0.1) is 12.3 Å². The van der Waals surface area contributed by atoms with Crippen LogP contribution in [0.15, 0.2) is 46.0 Å². The molecule has 0 saturated carbocycles. The normalized spacial score (nSPS) is 12.4. The summed E-state index contributed by atoms with van der Waals surface area (Å²) in [5.74, 6) is -0.908. The fourth-order valence-corrected chi connectivity index (χ4v) is 1.44. The number of esters is 1. The molecule has 0 bridgehead atoms. The molecule has 0 aliphatic carbocycles. The maximum Gasteiger partial charge on any atom is 0.362 e. The minimum atomic E-state index is -0.688. The third-order valence-corrected chi connectivity index (χ3v) is 2.62. The van der Waals surface area contributed by atoms with Gasteiger partial charge in [0.2, 0.25) is 5.70 Å². The highest BCUT2D eigenvalue weighted by Gasteiger charge is 2.13. The Morgan fingerprint density at radius 1 is 1.39 bits per heavy atom. The van der Waals surface area contributed by atoms with Gasteiger partial charge in [-0.3, -0.25) is 0 Å². The van der Waals surface area contributed by atoms with Gasteiger partial charge in [-0.25, -0.2) is 4.79 Å². The van der Waals surface area contributed by atoms with Crippen LogP contribution < -0.4 is 0 Å². The van der Waals surface area contributed by atoms with Crippen molar-refractivity contribution in [1.82, 2.24) is 0 Å². The lowest BCUT2D eigenvalue weighted by molar-refractivity contribution is -0.138. The number of hydrogen-bond donors (Lipinski definition) is 1. The smallest absolute Gasteiger partial charge is 0.362 e. The van der Waals surface area contributed by atoms with Crippen LogP contribution in [0, 0.1) is 3.57 Å². The molecule has 1 aromatic carbocycles. The molecule has 1 N–H and O–H groups in total. The van der Waals surface area contributed by atoms with E-state index in [-0.39, 0.29) is 18.1 Å². The number of aliphatic hydroxyl groups is 1. The van der Waals surface area contributed by atoms with Crippen LogP contribution in [-0.2, 0) is 9.53 Å². The maximum atomic E-state index is 11.5. The van der Waals surface area contributed by atoms with Gasteiger partial charge in [-0.2, -0.15) is 5.11 Å². The van der Waals surface area contributed by atoms with Gasteiger partial charge >= 0.3 is 5.97 Å². The third kappa shape index (κ3) is 4.44. The number of carbonyl (C=O) groups excluding carboxylic acids is 1. The lowest BCUT2D eigenvalue weighted by Crippen LogP contribution is -2.07. The second kappa shape index (κ2) is 7.10. The molecule has 0 saturated heterocycles. The summed E-state index contributed by atoms with van der Waals surface area (Å²) in [4.78, 5) is 11.5. The molecule has 0 spiro atoms. The van der Waals surface area contributed by atoms with E-state index in [9.17, 15) is 9.90 Å². The van der Waals surface area contributed by atoms with Crippen LogP contribution in [0.2, 0.25) is 0 Å². The van der Waals surface area contributed by atoms with Crippen molar-refractivity contribution in [3.05, 3.63) is 39.3 Å². The number of hydrogen-bond acceptors (Lipinski definition) is 5. The quantitative estimate of drug-likeness (QED) is 0.292. The average molecular weight is 360 g/mol. The third-order valence-electron chi connectivity index (χ3n) is 1.90. The first kappa shape index (κ1) is 14.6. The van der Waals surface area contributed by atoms with Crippen molar-refractivity contribution < 1.29 is 14.6 Å². The van der Waals surface area contributed by atoms with Gasteiger partial charge in [-0.1, -0.05) is 0 Å². The molecule has 0 aromatic heterocycles. The molecule has 6 heteroatoms. The zero-order chi connectivity index (χ0) is 13.5. The summed E-state index contributed by atoms with van der Waals surface area (Å²) in [7, 11) is 0. The van der Waals surface area contributed by atoms with Crippen molar-refractivity contribution in [3.63, 3.8) is 0 Å². The largest absolute Gasteiger partial charge is 0.510 e. The van der Waals surface area contributed by atoms with Crippen molar-refractivity contribution in [2.45, 2.75) is 13.8 Å². The number of halogens is 1. The molecule has 96 valence electrons. The van der Waals surface area contributed by atoms with Crippen molar-refractivity contribution >= 4 is 34.2 Å². The van der Waals surface area contributed by atoms with Crippen LogP contribution in [0.4, 0.5) is 5.69 Å². The minimum Gasteiger partial charge on any atom is -0.510 e. The minimum absolute atomic E-state index is 0.185. The molecule has 0 amide bonds. The number of benzene rings is 1. The van der Waals surface area contributed by atoms with Crippen LogP contribution >= 0.6 is 22.6 Å². The molecule has 0 aliphatic heterocycles. The molecule has 0 unspecified atom stereocenters. The van der Waals surface area contributed by atoms with Crippen molar-refractivity contribution in [2.24, 2.45) is 10.2 Å². The number of nitrogens with zero attached hydrogens (tertiary/aromatic N) is 2. The zero-order valence-corrected chi connectivity index (χ0v) is 12.2. The first-order valence-electron chi connectivity index (χ1n) is 5.29. The van der Waals surface area contributed by atoms with E-state index in [2.05, 4.69) is 32.8 Å². The molecular formula is C12H13IN2O3. The average Bonchev–Trinajstić information content (AvgIpc) is 2.31. The molecule has 1 rings (SSSR count). The van der Waals surface area contributed by atoms with Gasteiger partial charge < -0.3 is 9.84 Å². The summed E-state index contributed by atoms with van der Waals surface area (Å²) in [5, 5.41) is 16.9. The van der Waals surface area contributed by atoms with Gasteiger partial charge in [0.15, 0.2) is 0 Å². The van der Waals surface area contributed by atoms with E-state index in [0.29, 0.717) is 5.69 Å². The number of azo groups is 1. The highest BCUT2D eigenvalue weighted by molar-refractivity contribution is 14.1. The predicted octanol–water partition coefficient (Wildman–Crippen LogP) is 3.73. The van der Waals surface area contributed by atoms with E-state index in [0.717, 1.165) is 3.57 Å². The highest BCUT2D eigenvalue weighted by Crippen LogP contribution is 2.17. The summed E-state index contributed by atoms with van der Waals surface area (Å²) in [5.41, 5.74) is 0.411. The van der Waals surface area contributed by atoms with E-state index in [4.69, 9.17) is 4.74 Å². The first-order chi connectivity index (χ1) is 8.54. The van der Waals surface area contributed by atoms with Crippen LogP contribution in [0.1, 0.15) is 13.8 Å². The van der Waals surface area contributed by atoms with Gasteiger partial charge in [0, 0.05) is 3.57 Å². The van der Waals surface area contributed by atoms with E-state index in [1.807, 2.05) is 12.1 Å².